The van der Waals surface area contributed by atoms with Crippen LogP contribution in [0.3, 0.4) is 0 Å². The molecule has 0 spiro atoms. The van der Waals surface area contributed by atoms with Gasteiger partial charge in [0.05, 0.1) is 19.5 Å². The zero-order valence-electron chi connectivity index (χ0n) is 18.1. The maximum absolute atomic E-state index is 15.2. The summed E-state index contributed by atoms with van der Waals surface area (Å²) < 4.78 is 73.1. The molecule has 0 bridgehead atoms. The number of fused-ring (bicyclic) bond motifs is 1. The first-order valence-electron chi connectivity index (χ1n) is 9.58. The van der Waals surface area contributed by atoms with Gasteiger partial charge in [0.25, 0.3) is 0 Å². The van der Waals surface area contributed by atoms with Crippen LogP contribution >= 0.6 is 23.5 Å². The van der Waals surface area contributed by atoms with Crippen molar-refractivity contribution in [1.29, 1.82) is 0 Å². The fourth-order valence-electron chi connectivity index (χ4n) is 3.16. The highest BCUT2D eigenvalue weighted by Gasteiger charge is 2.56. The number of nitrogen functional groups attached to an aromatic ring is 1. The summed E-state index contributed by atoms with van der Waals surface area (Å²) in [6.45, 7) is 4.07. The van der Waals surface area contributed by atoms with Crippen molar-refractivity contribution < 1.29 is 65.4 Å². The summed E-state index contributed by atoms with van der Waals surface area (Å²) in [5, 5.41) is 10.5. The highest BCUT2D eigenvalue weighted by molar-refractivity contribution is 7.66. The van der Waals surface area contributed by atoms with Crippen LogP contribution < -0.4 is 10.5 Å². The highest BCUT2D eigenvalue weighted by Crippen LogP contribution is 2.66. The van der Waals surface area contributed by atoms with E-state index in [2.05, 4.69) is 34.7 Å². The Morgan fingerprint density at radius 3 is 2.50 bits per heavy atom. The maximum Gasteiger partial charge on any atom is 0.490 e. The second kappa shape index (κ2) is 10.1. The molecule has 22 heteroatoms. The third kappa shape index (κ3) is 6.16. The number of ether oxygens (including phenoxy) is 2. The minimum Gasteiger partial charge on any atom is -0.476 e. The summed E-state index contributed by atoms with van der Waals surface area (Å²) in [4.78, 5) is 48.0. The molecular weight excluding hydrogens is 558 g/mol. The number of aliphatic hydroxyl groups is 1. The molecule has 0 amide bonds. The quantitative estimate of drug-likeness (QED) is 0.154. The first-order chi connectivity index (χ1) is 16.5. The number of rotatable bonds is 11. The Kier molecular flexibility index (Phi) is 8.08. The largest absolute Gasteiger partial charge is 0.490 e. The Labute approximate surface area is 200 Å². The van der Waals surface area contributed by atoms with Gasteiger partial charge >= 0.3 is 23.5 Å². The molecule has 2 aromatic rings. The number of phosphoric ester groups is 1. The number of nitrogens with zero attached hydrogens (tertiary/aromatic N) is 4. The van der Waals surface area contributed by atoms with Crippen molar-refractivity contribution in [2.75, 3.05) is 18.9 Å². The third-order valence-electron chi connectivity index (χ3n) is 4.59. The Balaban J connectivity index is 1.85. The number of hydrogen-bond acceptors (Lipinski definition) is 13. The van der Waals surface area contributed by atoms with Gasteiger partial charge in [0, 0.05) is 0 Å². The van der Waals surface area contributed by atoms with Crippen LogP contribution in [0.4, 0.5) is 10.3 Å². The molecule has 36 heavy (non-hydrogen) atoms. The summed E-state index contributed by atoms with van der Waals surface area (Å²) in [5.41, 5.74) is 3.47. The lowest BCUT2D eigenvalue weighted by Crippen LogP contribution is -2.44. The molecular formula is C14H21FN5O13P3. The first-order valence-corrected chi connectivity index (χ1v) is 14.1. The van der Waals surface area contributed by atoms with E-state index >= 15 is 4.39 Å². The van der Waals surface area contributed by atoms with Crippen molar-refractivity contribution in [3.05, 3.63) is 19.0 Å². The molecule has 6 atom stereocenters. The molecule has 1 saturated heterocycles. The minimum atomic E-state index is -5.80. The van der Waals surface area contributed by atoms with Crippen molar-refractivity contribution in [2.45, 2.75) is 31.0 Å². The molecule has 0 aromatic carbocycles. The van der Waals surface area contributed by atoms with Crippen molar-refractivity contribution in [2.24, 2.45) is 0 Å². The van der Waals surface area contributed by atoms with Crippen LogP contribution in [0.1, 0.15) is 13.2 Å². The number of aromatic nitrogens is 4. The van der Waals surface area contributed by atoms with Crippen LogP contribution in [0.2, 0.25) is 0 Å². The van der Waals surface area contributed by atoms with Crippen LogP contribution in [0.15, 0.2) is 19.0 Å². The number of anilines is 1. The normalized spacial score (nSPS) is 28.0. The van der Waals surface area contributed by atoms with Gasteiger partial charge in [0.2, 0.25) is 11.8 Å². The summed E-state index contributed by atoms with van der Waals surface area (Å²) in [7, 11) is -17.0. The van der Waals surface area contributed by atoms with E-state index in [1.165, 1.54) is 0 Å². The molecule has 0 aliphatic carbocycles. The standard InChI is InChI=1S/C14H21FN5O13P3/c1-3-14(5-30-35(25,26)33-36(27,28)32-34(22,23)24)9(21)7(15)12(31-14)20-6-17-8-10(20)18-13(16)19-11(8)29-4-2/h3,6-7,9,12,21H,1,4-5H2,2H3,(H,25,26)(H,27,28)(H2,16,18,19)(H2,22,23,24)/t7-,9+,12-,14-/m1/s1. The Morgan fingerprint density at radius 2 is 1.92 bits per heavy atom. The molecule has 18 nitrogen and oxygen atoms in total. The molecule has 7 N–H and O–H groups in total. The van der Waals surface area contributed by atoms with Crippen LogP contribution in [0, 0.1) is 0 Å². The van der Waals surface area contributed by atoms with Crippen LogP contribution in [0.5, 0.6) is 5.88 Å². The molecule has 202 valence electrons. The van der Waals surface area contributed by atoms with E-state index in [0.717, 1.165) is 17.0 Å². The predicted octanol–water partition coefficient (Wildman–Crippen LogP) is 0.303. The van der Waals surface area contributed by atoms with E-state index in [9.17, 15) is 28.6 Å². The summed E-state index contributed by atoms with van der Waals surface area (Å²) >= 11 is 0. The second-order valence-electron chi connectivity index (χ2n) is 7.07. The van der Waals surface area contributed by atoms with Crippen molar-refractivity contribution in [1.82, 2.24) is 19.5 Å². The van der Waals surface area contributed by atoms with Crippen molar-refractivity contribution >= 4 is 40.6 Å². The fourth-order valence-corrected chi connectivity index (χ4v) is 6.22. The van der Waals surface area contributed by atoms with Crippen molar-refractivity contribution in [3.8, 4) is 5.88 Å². The molecule has 3 rings (SSSR count). The van der Waals surface area contributed by atoms with Crippen molar-refractivity contribution in [3.63, 3.8) is 0 Å². The number of aliphatic hydroxyl groups excluding tert-OH is 1. The van der Waals surface area contributed by atoms with Gasteiger partial charge < -0.3 is 39.9 Å². The van der Waals surface area contributed by atoms with Gasteiger partial charge in [-0.05, 0) is 6.92 Å². The fraction of sp³-hybridized carbons (Fsp3) is 0.500. The highest BCUT2D eigenvalue weighted by atomic mass is 31.3. The third-order valence-corrected chi connectivity index (χ3v) is 8.37. The number of nitrogens with two attached hydrogens (primary N) is 1. The molecule has 1 fully saturated rings. The van der Waals surface area contributed by atoms with E-state index < -0.39 is 54.2 Å². The lowest BCUT2D eigenvalue weighted by molar-refractivity contribution is -0.0942. The first kappa shape index (κ1) is 28.7. The van der Waals surface area contributed by atoms with Crippen LogP contribution in [-0.2, 0) is 31.6 Å². The average Bonchev–Trinajstić information content (AvgIpc) is 3.24. The Morgan fingerprint density at radius 1 is 1.25 bits per heavy atom. The number of halogens is 1. The maximum atomic E-state index is 15.2. The number of imidazole rings is 1. The molecule has 2 unspecified atom stereocenters. The predicted molar refractivity (Wildman–Crippen MR) is 115 cm³/mol. The summed E-state index contributed by atoms with van der Waals surface area (Å²) in [5.74, 6) is -0.250. The smallest absolute Gasteiger partial charge is 0.476 e. The zero-order chi connectivity index (χ0) is 27.1. The van der Waals surface area contributed by atoms with Gasteiger partial charge in [-0.3, -0.25) is 9.09 Å². The van der Waals surface area contributed by atoms with Crippen LogP contribution in [0.25, 0.3) is 11.2 Å². The SMILES string of the molecule is C=C[C@]1(COP(=O)(O)OP(=O)(O)OP(=O)(O)O)O[C@@H](n2cnc3c(OCC)nc(N)nc32)[C@H](F)[C@@H]1O. The summed E-state index contributed by atoms with van der Waals surface area (Å²) in [6, 6.07) is 0. The van der Waals surface area contributed by atoms with E-state index in [1.807, 2.05) is 0 Å². The van der Waals surface area contributed by atoms with Gasteiger partial charge in [0.15, 0.2) is 23.6 Å². The number of hydrogen-bond donors (Lipinski definition) is 6. The Bertz CT molecular complexity index is 1290. The molecule has 3 heterocycles. The molecule has 1 aliphatic rings. The van der Waals surface area contributed by atoms with Gasteiger partial charge in [0.1, 0.15) is 11.7 Å². The summed E-state index contributed by atoms with van der Waals surface area (Å²) in [6.07, 6.45) is -4.07. The lowest BCUT2D eigenvalue weighted by atomic mass is 9.97. The average molecular weight is 579 g/mol. The van der Waals surface area contributed by atoms with Gasteiger partial charge in [-0.1, -0.05) is 6.08 Å². The van der Waals surface area contributed by atoms with E-state index in [0.29, 0.717) is 0 Å². The molecule has 1 aliphatic heterocycles. The minimum absolute atomic E-state index is 0.00431. The zero-order valence-corrected chi connectivity index (χ0v) is 20.8. The van der Waals surface area contributed by atoms with E-state index in [-0.39, 0.29) is 29.6 Å². The van der Waals surface area contributed by atoms with E-state index in [1.54, 1.807) is 6.92 Å². The lowest BCUT2D eigenvalue weighted by Gasteiger charge is -2.28. The Hall–Kier alpha value is -1.85. The van der Waals surface area contributed by atoms with E-state index in [4.69, 9.17) is 25.0 Å². The van der Waals surface area contributed by atoms with Gasteiger partial charge in [-0.15, -0.1) is 6.58 Å². The second-order valence-corrected chi connectivity index (χ2v) is 11.5. The topological polar surface area (TPSA) is 268 Å². The van der Waals surface area contributed by atoms with Crippen LogP contribution in [-0.4, -0.2) is 75.3 Å². The number of alkyl halides is 1. The molecule has 0 radical (unpaired) electrons. The molecule has 0 saturated carbocycles. The molecule has 2 aromatic heterocycles. The monoisotopic (exact) mass is 579 g/mol. The van der Waals surface area contributed by atoms with Gasteiger partial charge in [-0.2, -0.15) is 18.6 Å². The number of phosphoric acid groups is 3. The van der Waals surface area contributed by atoms with Gasteiger partial charge in [-0.25, -0.2) is 23.1 Å².